The zero-order valence-electron chi connectivity index (χ0n) is 12.0. The second kappa shape index (κ2) is 6.06. The Kier molecular flexibility index (Phi) is 4.60. The number of benzene rings is 1. The Morgan fingerprint density at radius 2 is 2.10 bits per heavy atom. The molecule has 1 unspecified atom stereocenters. The van der Waals surface area contributed by atoms with Gasteiger partial charge in [-0.3, -0.25) is 4.68 Å². The predicted octanol–water partition coefficient (Wildman–Crippen LogP) is 3.86. The van der Waals surface area contributed by atoms with Gasteiger partial charge in [0.2, 0.25) is 0 Å². The molecule has 108 valence electrons. The van der Waals surface area contributed by atoms with Crippen LogP contribution in [-0.2, 0) is 6.54 Å². The molecule has 0 bridgehead atoms. The second-order valence-corrected chi connectivity index (χ2v) is 5.85. The van der Waals surface area contributed by atoms with E-state index in [1.165, 1.54) is 12.1 Å². The van der Waals surface area contributed by atoms with E-state index in [0.717, 1.165) is 33.4 Å². The summed E-state index contributed by atoms with van der Waals surface area (Å²) >= 11 is 3.39. The van der Waals surface area contributed by atoms with Crippen LogP contribution in [0.15, 0.2) is 22.7 Å². The molecular formula is C15H19BrFN3. The average Bonchev–Trinajstić information content (AvgIpc) is 2.67. The van der Waals surface area contributed by atoms with Crippen molar-refractivity contribution in [2.24, 2.45) is 5.73 Å². The smallest absolute Gasteiger partial charge is 0.124 e. The molecule has 1 atom stereocenters. The highest BCUT2D eigenvalue weighted by Gasteiger charge is 2.17. The monoisotopic (exact) mass is 339 g/mol. The van der Waals surface area contributed by atoms with E-state index in [1.807, 2.05) is 18.5 Å². The topological polar surface area (TPSA) is 43.8 Å². The lowest BCUT2D eigenvalue weighted by Gasteiger charge is -2.11. The van der Waals surface area contributed by atoms with Gasteiger partial charge in [0, 0.05) is 21.8 Å². The standard InChI is InChI=1S/C15H19BrFN3/c1-4-14(18)15-9(2)19-20(10(15)3)8-11-5-6-12(17)7-13(11)16/h5-7,14H,4,8,18H2,1-3H3. The van der Waals surface area contributed by atoms with Crippen molar-refractivity contribution in [2.45, 2.75) is 39.8 Å². The molecule has 5 heteroatoms. The molecule has 2 rings (SSSR count). The molecule has 1 heterocycles. The van der Waals surface area contributed by atoms with Gasteiger partial charge in [-0.1, -0.05) is 28.9 Å². The minimum absolute atomic E-state index is 0.0143. The van der Waals surface area contributed by atoms with Gasteiger partial charge in [-0.2, -0.15) is 5.10 Å². The van der Waals surface area contributed by atoms with E-state index >= 15 is 0 Å². The molecule has 3 nitrogen and oxygen atoms in total. The maximum absolute atomic E-state index is 13.1. The van der Waals surface area contributed by atoms with E-state index in [4.69, 9.17) is 5.73 Å². The van der Waals surface area contributed by atoms with Crippen molar-refractivity contribution in [1.82, 2.24) is 9.78 Å². The molecule has 0 fully saturated rings. The first-order chi connectivity index (χ1) is 9.43. The highest BCUT2D eigenvalue weighted by atomic mass is 79.9. The van der Waals surface area contributed by atoms with E-state index in [1.54, 1.807) is 6.07 Å². The Labute approximate surface area is 127 Å². The van der Waals surface area contributed by atoms with Crippen molar-refractivity contribution in [2.75, 3.05) is 0 Å². The molecule has 0 saturated heterocycles. The maximum atomic E-state index is 13.1. The molecule has 20 heavy (non-hydrogen) atoms. The van der Waals surface area contributed by atoms with Crippen LogP contribution in [0.1, 0.15) is 41.9 Å². The first kappa shape index (κ1) is 15.2. The van der Waals surface area contributed by atoms with Crippen LogP contribution in [0.4, 0.5) is 4.39 Å². The SMILES string of the molecule is CCC(N)c1c(C)nn(Cc2ccc(F)cc2Br)c1C. The molecule has 0 spiro atoms. The van der Waals surface area contributed by atoms with Gasteiger partial charge in [0.15, 0.2) is 0 Å². The molecule has 1 aromatic carbocycles. The van der Waals surface area contributed by atoms with Crippen molar-refractivity contribution in [1.29, 1.82) is 0 Å². The van der Waals surface area contributed by atoms with Gasteiger partial charge in [-0.15, -0.1) is 0 Å². The number of rotatable bonds is 4. The Morgan fingerprint density at radius 1 is 1.40 bits per heavy atom. The van der Waals surface area contributed by atoms with Crippen LogP contribution in [0.25, 0.3) is 0 Å². The van der Waals surface area contributed by atoms with E-state index in [2.05, 4.69) is 28.0 Å². The second-order valence-electron chi connectivity index (χ2n) is 4.99. The molecule has 0 amide bonds. The third-order valence-electron chi connectivity index (χ3n) is 3.58. The predicted molar refractivity (Wildman–Crippen MR) is 82.1 cm³/mol. The Bertz CT molecular complexity index is 622. The minimum Gasteiger partial charge on any atom is -0.324 e. The minimum atomic E-state index is -0.248. The van der Waals surface area contributed by atoms with Gasteiger partial charge in [0.25, 0.3) is 0 Å². The molecule has 0 radical (unpaired) electrons. The lowest BCUT2D eigenvalue weighted by atomic mass is 10.0. The summed E-state index contributed by atoms with van der Waals surface area (Å²) in [5, 5.41) is 4.56. The zero-order chi connectivity index (χ0) is 14.9. The van der Waals surface area contributed by atoms with Gasteiger partial charge in [-0.25, -0.2) is 4.39 Å². The molecule has 0 saturated carbocycles. The third kappa shape index (κ3) is 2.94. The Balaban J connectivity index is 2.35. The lowest BCUT2D eigenvalue weighted by molar-refractivity contribution is 0.620. The van der Waals surface area contributed by atoms with E-state index in [9.17, 15) is 4.39 Å². The summed E-state index contributed by atoms with van der Waals surface area (Å²) < 4.78 is 15.8. The first-order valence-electron chi connectivity index (χ1n) is 6.67. The lowest BCUT2D eigenvalue weighted by Crippen LogP contribution is -2.11. The fraction of sp³-hybridized carbons (Fsp3) is 0.400. The van der Waals surface area contributed by atoms with Crippen LogP contribution in [-0.4, -0.2) is 9.78 Å². The van der Waals surface area contributed by atoms with Crippen molar-refractivity contribution in [3.63, 3.8) is 0 Å². The Hall–Kier alpha value is -1.20. The van der Waals surface area contributed by atoms with Gasteiger partial charge < -0.3 is 5.73 Å². The number of aryl methyl sites for hydroxylation is 1. The molecule has 0 aliphatic carbocycles. The van der Waals surface area contributed by atoms with Crippen molar-refractivity contribution in [3.8, 4) is 0 Å². The number of hydrogen-bond donors (Lipinski definition) is 1. The van der Waals surface area contributed by atoms with E-state index in [-0.39, 0.29) is 11.9 Å². The quantitative estimate of drug-likeness (QED) is 0.919. The number of nitrogens with zero attached hydrogens (tertiary/aromatic N) is 2. The van der Waals surface area contributed by atoms with Gasteiger partial charge in [0.05, 0.1) is 12.2 Å². The van der Waals surface area contributed by atoms with Crippen LogP contribution < -0.4 is 5.73 Å². The molecule has 1 aromatic heterocycles. The summed E-state index contributed by atoms with van der Waals surface area (Å²) in [4.78, 5) is 0. The molecule has 2 N–H and O–H groups in total. The van der Waals surface area contributed by atoms with Gasteiger partial charge in [0.1, 0.15) is 5.82 Å². The summed E-state index contributed by atoms with van der Waals surface area (Å²) in [6, 6.07) is 4.72. The van der Waals surface area contributed by atoms with Gasteiger partial charge in [-0.05, 0) is 38.0 Å². The normalized spacial score (nSPS) is 12.7. The fourth-order valence-corrected chi connectivity index (χ4v) is 2.89. The van der Waals surface area contributed by atoms with E-state index in [0.29, 0.717) is 6.54 Å². The largest absolute Gasteiger partial charge is 0.324 e. The highest BCUT2D eigenvalue weighted by molar-refractivity contribution is 9.10. The average molecular weight is 340 g/mol. The number of aromatic nitrogens is 2. The summed E-state index contributed by atoms with van der Waals surface area (Å²) in [5.74, 6) is -0.248. The van der Waals surface area contributed by atoms with Crippen LogP contribution in [0.2, 0.25) is 0 Å². The fourth-order valence-electron chi connectivity index (χ4n) is 2.42. The first-order valence-corrected chi connectivity index (χ1v) is 7.46. The van der Waals surface area contributed by atoms with Crippen molar-refractivity contribution < 1.29 is 4.39 Å². The van der Waals surface area contributed by atoms with Crippen LogP contribution in [0.5, 0.6) is 0 Å². The molecule has 0 aliphatic rings. The summed E-state index contributed by atoms with van der Waals surface area (Å²) in [7, 11) is 0. The summed E-state index contributed by atoms with van der Waals surface area (Å²) in [5.41, 5.74) is 10.3. The summed E-state index contributed by atoms with van der Waals surface area (Å²) in [6.45, 7) is 6.68. The van der Waals surface area contributed by atoms with Crippen LogP contribution in [0.3, 0.4) is 0 Å². The molecule has 2 aromatic rings. The Morgan fingerprint density at radius 3 is 2.70 bits per heavy atom. The number of hydrogen-bond acceptors (Lipinski definition) is 2. The maximum Gasteiger partial charge on any atom is 0.124 e. The van der Waals surface area contributed by atoms with Gasteiger partial charge >= 0.3 is 0 Å². The number of nitrogens with two attached hydrogens (primary N) is 1. The van der Waals surface area contributed by atoms with Crippen molar-refractivity contribution in [3.05, 3.63) is 51.0 Å². The van der Waals surface area contributed by atoms with E-state index < -0.39 is 0 Å². The van der Waals surface area contributed by atoms with Crippen LogP contribution >= 0.6 is 15.9 Å². The highest BCUT2D eigenvalue weighted by Crippen LogP contribution is 2.24. The molecule has 0 aliphatic heterocycles. The zero-order valence-corrected chi connectivity index (χ0v) is 13.5. The number of halogens is 2. The third-order valence-corrected chi connectivity index (χ3v) is 4.32. The molecular weight excluding hydrogens is 321 g/mol. The summed E-state index contributed by atoms with van der Waals surface area (Å²) in [6.07, 6.45) is 0.883. The van der Waals surface area contributed by atoms with Crippen molar-refractivity contribution >= 4 is 15.9 Å². The van der Waals surface area contributed by atoms with Crippen LogP contribution in [0, 0.1) is 19.7 Å².